The average Bonchev–Trinajstić information content (AvgIpc) is 2.53. The van der Waals surface area contributed by atoms with Crippen molar-refractivity contribution >= 4 is 17.6 Å². The van der Waals surface area contributed by atoms with Crippen molar-refractivity contribution in [3.63, 3.8) is 0 Å². The molecule has 0 aromatic heterocycles. The monoisotopic (exact) mass is 320 g/mol. The summed E-state index contributed by atoms with van der Waals surface area (Å²) in [7, 11) is 0. The van der Waals surface area contributed by atoms with Crippen molar-refractivity contribution in [3.8, 4) is 0 Å². The molecule has 0 radical (unpaired) electrons. The Labute approximate surface area is 136 Å². The number of aromatic carboxylic acids is 1. The molecule has 6 heteroatoms. The van der Waals surface area contributed by atoms with E-state index in [2.05, 4.69) is 17.1 Å². The number of ether oxygens (including phenoxy) is 1. The maximum Gasteiger partial charge on any atom is 0.335 e. The molecule has 1 aromatic carbocycles. The molecule has 1 aliphatic heterocycles. The molecule has 2 rings (SSSR count). The second kappa shape index (κ2) is 8.64. The summed E-state index contributed by atoms with van der Waals surface area (Å²) in [6.45, 7) is 4.78. The minimum atomic E-state index is -1.01. The predicted molar refractivity (Wildman–Crippen MR) is 87.7 cm³/mol. The zero-order valence-corrected chi connectivity index (χ0v) is 13.5. The number of rotatable bonds is 7. The van der Waals surface area contributed by atoms with Crippen LogP contribution in [0.5, 0.6) is 0 Å². The number of anilines is 1. The van der Waals surface area contributed by atoms with Crippen molar-refractivity contribution in [1.29, 1.82) is 0 Å². The number of piperidine rings is 1. The van der Waals surface area contributed by atoms with Crippen molar-refractivity contribution in [2.75, 3.05) is 31.6 Å². The normalized spacial score (nSPS) is 18.6. The fraction of sp³-hybridized carbons (Fsp3) is 0.529. The van der Waals surface area contributed by atoms with Crippen LogP contribution in [0, 0.1) is 0 Å². The fourth-order valence-electron chi connectivity index (χ4n) is 2.71. The quantitative estimate of drug-likeness (QED) is 0.805. The van der Waals surface area contributed by atoms with Gasteiger partial charge in [-0.15, -0.1) is 0 Å². The minimum absolute atomic E-state index is 0.135. The van der Waals surface area contributed by atoms with E-state index < -0.39 is 5.97 Å². The number of hydrogen-bond acceptors (Lipinski definition) is 4. The number of hydrogen-bond donors (Lipinski definition) is 2. The highest BCUT2D eigenvalue weighted by Gasteiger charge is 2.22. The fourth-order valence-corrected chi connectivity index (χ4v) is 2.71. The van der Waals surface area contributed by atoms with Gasteiger partial charge < -0.3 is 15.2 Å². The summed E-state index contributed by atoms with van der Waals surface area (Å²) < 4.78 is 5.77. The van der Waals surface area contributed by atoms with Crippen molar-refractivity contribution in [3.05, 3.63) is 29.8 Å². The van der Waals surface area contributed by atoms with E-state index in [-0.39, 0.29) is 17.6 Å². The number of likely N-dealkylation sites (tertiary alicyclic amines) is 1. The third-order valence-corrected chi connectivity index (χ3v) is 3.78. The Kier molecular flexibility index (Phi) is 6.55. The van der Waals surface area contributed by atoms with Gasteiger partial charge in [-0.05, 0) is 44.0 Å². The molecule has 1 aliphatic rings. The van der Waals surface area contributed by atoms with E-state index >= 15 is 0 Å². The van der Waals surface area contributed by atoms with Gasteiger partial charge in [0.1, 0.15) is 0 Å². The smallest absolute Gasteiger partial charge is 0.335 e. The molecule has 1 atom stereocenters. The van der Waals surface area contributed by atoms with Crippen LogP contribution in [0.4, 0.5) is 5.69 Å². The van der Waals surface area contributed by atoms with Crippen LogP contribution < -0.4 is 5.32 Å². The molecule has 1 fully saturated rings. The molecule has 1 amide bonds. The van der Waals surface area contributed by atoms with Crippen molar-refractivity contribution in [1.82, 2.24) is 4.90 Å². The molecule has 23 heavy (non-hydrogen) atoms. The number of nitrogens with one attached hydrogen (secondary N) is 1. The van der Waals surface area contributed by atoms with Crippen molar-refractivity contribution in [2.24, 2.45) is 0 Å². The molecular formula is C17H24N2O4. The molecule has 1 saturated heterocycles. The highest BCUT2D eigenvalue weighted by atomic mass is 16.5. The van der Waals surface area contributed by atoms with Crippen LogP contribution in [-0.4, -0.2) is 54.2 Å². The molecule has 1 aromatic rings. The Morgan fingerprint density at radius 1 is 1.43 bits per heavy atom. The first-order chi connectivity index (χ1) is 11.1. The lowest BCUT2D eigenvalue weighted by atomic mass is 10.1. The SMILES string of the molecule is CCCO[C@@H]1CCCN(CC(=O)Nc2cccc(C(=O)O)c2)C1. The number of carbonyl (C=O) groups is 2. The number of carbonyl (C=O) groups excluding carboxylic acids is 1. The Balaban J connectivity index is 1.84. The van der Waals surface area contributed by atoms with E-state index in [1.807, 2.05) is 0 Å². The standard InChI is InChI=1S/C17H24N2O4/c1-2-9-23-15-7-4-8-19(11-15)12-16(20)18-14-6-3-5-13(10-14)17(21)22/h3,5-6,10,15H,2,4,7-9,11-12H2,1H3,(H,18,20)(H,21,22)/t15-/m1/s1. The van der Waals surface area contributed by atoms with Crippen LogP contribution in [0.2, 0.25) is 0 Å². The topological polar surface area (TPSA) is 78.9 Å². The highest BCUT2D eigenvalue weighted by molar-refractivity contribution is 5.94. The molecule has 6 nitrogen and oxygen atoms in total. The van der Waals surface area contributed by atoms with Gasteiger partial charge in [0.2, 0.25) is 5.91 Å². The molecule has 0 saturated carbocycles. The van der Waals surface area contributed by atoms with E-state index in [9.17, 15) is 9.59 Å². The van der Waals surface area contributed by atoms with Crippen molar-refractivity contribution < 1.29 is 19.4 Å². The van der Waals surface area contributed by atoms with Gasteiger partial charge in [0.25, 0.3) is 0 Å². The number of carboxylic acid groups (broad SMARTS) is 1. The first-order valence-corrected chi connectivity index (χ1v) is 8.05. The van der Waals surface area contributed by atoms with Crippen LogP contribution in [0.25, 0.3) is 0 Å². The van der Waals surface area contributed by atoms with E-state index in [4.69, 9.17) is 9.84 Å². The van der Waals surface area contributed by atoms with E-state index in [1.54, 1.807) is 12.1 Å². The summed E-state index contributed by atoms with van der Waals surface area (Å²) in [5.74, 6) is -1.14. The maximum absolute atomic E-state index is 12.1. The second-order valence-electron chi connectivity index (χ2n) is 5.80. The Morgan fingerprint density at radius 3 is 3.00 bits per heavy atom. The second-order valence-corrected chi connectivity index (χ2v) is 5.80. The average molecular weight is 320 g/mol. The third kappa shape index (κ3) is 5.65. The zero-order valence-electron chi connectivity index (χ0n) is 13.5. The molecule has 0 unspecified atom stereocenters. The van der Waals surface area contributed by atoms with Gasteiger partial charge in [-0.25, -0.2) is 4.79 Å². The Hall–Kier alpha value is -1.92. The van der Waals surface area contributed by atoms with Gasteiger partial charge >= 0.3 is 5.97 Å². The largest absolute Gasteiger partial charge is 0.478 e. The van der Waals surface area contributed by atoms with Gasteiger partial charge in [-0.1, -0.05) is 13.0 Å². The van der Waals surface area contributed by atoms with E-state index in [1.165, 1.54) is 12.1 Å². The molecule has 0 bridgehead atoms. The van der Waals surface area contributed by atoms with Gasteiger partial charge in [0.15, 0.2) is 0 Å². The molecule has 126 valence electrons. The molecule has 1 heterocycles. The molecule has 0 spiro atoms. The lowest BCUT2D eigenvalue weighted by Gasteiger charge is -2.32. The summed E-state index contributed by atoms with van der Waals surface area (Å²) in [5, 5.41) is 11.7. The third-order valence-electron chi connectivity index (χ3n) is 3.78. The molecule has 2 N–H and O–H groups in total. The predicted octanol–water partition coefficient (Wildman–Crippen LogP) is 2.21. The van der Waals surface area contributed by atoms with Crippen LogP contribution in [0.1, 0.15) is 36.5 Å². The van der Waals surface area contributed by atoms with Gasteiger partial charge in [0.05, 0.1) is 18.2 Å². The zero-order chi connectivity index (χ0) is 16.7. The summed E-state index contributed by atoms with van der Waals surface area (Å²) in [6, 6.07) is 6.27. The van der Waals surface area contributed by atoms with E-state index in [0.29, 0.717) is 12.2 Å². The Bertz CT molecular complexity index is 547. The first kappa shape index (κ1) is 17.4. The van der Waals surface area contributed by atoms with Gasteiger partial charge in [-0.3, -0.25) is 9.69 Å². The molecular weight excluding hydrogens is 296 g/mol. The Morgan fingerprint density at radius 2 is 2.26 bits per heavy atom. The lowest BCUT2D eigenvalue weighted by molar-refractivity contribution is -0.118. The summed E-state index contributed by atoms with van der Waals surface area (Å²) in [5.41, 5.74) is 0.666. The van der Waals surface area contributed by atoms with E-state index in [0.717, 1.165) is 39.0 Å². The number of carboxylic acids is 1. The van der Waals surface area contributed by atoms with Crippen LogP contribution in [-0.2, 0) is 9.53 Å². The minimum Gasteiger partial charge on any atom is -0.478 e. The van der Waals surface area contributed by atoms with Crippen LogP contribution in [0.15, 0.2) is 24.3 Å². The molecule has 0 aliphatic carbocycles. The summed E-state index contributed by atoms with van der Waals surface area (Å²) >= 11 is 0. The van der Waals surface area contributed by atoms with Crippen LogP contribution in [0.3, 0.4) is 0 Å². The van der Waals surface area contributed by atoms with Gasteiger partial charge in [-0.2, -0.15) is 0 Å². The summed E-state index contributed by atoms with van der Waals surface area (Å²) in [4.78, 5) is 25.2. The lowest BCUT2D eigenvalue weighted by Crippen LogP contribution is -2.43. The van der Waals surface area contributed by atoms with Gasteiger partial charge in [0, 0.05) is 18.8 Å². The number of nitrogens with zero attached hydrogens (tertiary/aromatic N) is 1. The first-order valence-electron chi connectivity index (χ1n) is 8.05. The number of benzene rings is 1. The van der Waals surface area contributed by atoms with Crippen LogP contribution >= 0.6 is 0 Å². The number of amides is 1. The highest BCUT2D eigenvalue weighted by Crippen LogP contribution is 2.14. The maximum atomic E-state index is 12.1. The summed E-state index contributed by atoms with van der Waals surface area (Å²) in [6.07, 6.45) is 3.26. The van der Waals surface area contributed by atoms with Crippen molar-refractivity contribution in [2.45, 2.75) is 32.3 Å².